The van der Waals surface area contributed by atoms with E-state index in [1.54, 1.807) is 0 Å². The molecule has 0 unspecified atom stereocenters. The predicted molar refractivity (Wildman–Crippen MR) is 61.0 cm³/mol. The molecular weight excluding hydrogens is 210 g/mol. The molecule has 1 heterocycles. The fraction of sp³-hybridized carbons (Fsp3) is 0.636. The van der Waals surface area contributed by atoms with Crippen LogP contribution in [0, 0.1) is 0 Å². The van der Waals surface area contributed by atoms with Gasteiger partial charge in [0.25, 0.3) is 0 Å². The van der Waals surface area contributed by atoms with Gasteiger partial charge in [-0.15, -0.1) is 0 Å². The lowest BCUT2D eigenvalue weighted by Crippen LogP contribution is -2.08. The zero-order chi connectivity index (χ0) is 10.7. The molecule has 0 bridgehead atoms. The van der Waals surface area contributed by atoms with Crippen molar-refractivity contribution in [3.8, 4) is 0 Å². The maximum absolute atomic E-state index is 5.97. The van der Waals surface area contributed by atoms with E-state index < -0.39 is 0 Å². The predicted octanol–water partition coefficient (Wildman–Crippen LogP) is 2.29. The van der Waals surface area contributed by atoms with Crippen molar-refractivity contribution in [3.63, 3.8) is 0 Å². The van der Waals surface area contributed by atoms with Gasteiger partial charge in [-0.1, -0.05) is 24.4 Å². The molecule has 1 aromatic rings. The summed E-state index contributed by atoms with van der Waals surface area (Å²) in [5, 5.41) is 0.551. The van der Waals surface area contributed by atoms with E-state index in [1.807, 2.05) is 6.07 Å². The van der Waals surface area contributed by atoms with Crippen molar-refractivity contribution in [2.45, 2.75) is 38.0 Å². The summed E-state index contributed by atoms with van der Waals surface area (Å²) in [5.41, 5.74) is 6.48. The maximum atomic E-state index is 5.97. The molecule has 15 heavy (non-hydrogen) atoms. The van der Waals surface area contributed by atoms with Crippen molar-refractivity contribution >= 4 is 11.6 Å². The largest absolute Gasteiger partial charge is 0.330 e. The molecule has 3 nitrogen and oxygen atoms in total. The lowest BCUT2D eigenvalue weighted by molar-refractivity contribution is 0.659. The molecule has 0 spiro atoms. The molecule has 1 fully saturated rings. The fourth-order valence-electron chi connectivity index (χ4n) is 2.13. The summed E-state index contributed by atoms with van der Waals surface area (Å²) in [6.07, 6.45) is 5.74. The van der Waals surface area contributed by atoms with Crippen LogP contribution in [0.2, 0.25) is 5.15 Å². The highest BCUT2D eigenvalue weighted by Gasteiger charge is 2.20. The average molecular weight is 226 g/mol. The first-order valence-corrected chi connectivity index (χ1v) is 5.91. The molecule has 82 valence electrons. The Balaban J connectivity index is 2.22. The summed E-state index contributed by atoms with van der Waals surface area (Å²) in [4.78, 5) is 8.84. The number of rotatable bonds is 3. The summed E-state index contributed by atoms with van der Waals surface area (Å²) in [6.45, 7) is 0.609. The number of aromatic nitrogens is 2. The second kappa shape index (κ2) is 4.90. The number of hydrogen-bond donors (Lipinski definition) is 1. The van der Waals surface area contributed by atoms with Crippen molar-refractivity contribution in [1.29, 1.82) is 0 Å². The van der Waals surface area contributed by atoms with Crippen molar-refractivity contribution in [2.24, 2.45) is 5.73 Å². The van der Waals surface area contributed by atoms with Crippen molar-refractivity contribution in [3.05, 3.63) is 22.7 Å². The lowest BCUT2D eigenvalue weighted by Gasteiger charge is -2.09. The Morgan fingerprint density at radius 1 is 1.33 bits per heavy atom. The van der Waals surface area contributed by atoms with Crippen LogP contribution < -0.4 is 5.73 Å². The van der Waals surface area contributed by atoms with E-state index in [0.717, 1.165) is 17.9 Å². The highest BCUT2D eigenvalue weighted by molar-refractivity contribution is 6.29. The number of hydrogen-bond acceptors (Lipinski definition) is 3. The summed E-state index contributed by atoms with van der Waals surface area (Å²) in [7, 11) is 0. The Bertz CT molecular complexity index is 335. The van der Waals surface area contributed by atoms with Crippen LogP contribution in [0.5, 0.6) is 0 Å². The minimum Gasteiger partial charge on any atom is -0.330 e. The second-order valence-corrected chi connectivity index (χ2v) is 4.45. The molecule has 1 aromatic heterocycles. The quantitative estimate of drug-likeness (QED) is 0.804. The van der Waals surface area contributed by atoms with E-state index in [4.69, 9.17) is 17.3 Å². The van der Waals surface area contributed by atoms with E-state index in [9.17, 15) is 0 Å². The van der Waals surface area contributed by atoms with Gasteiger partial charge in [-0.3, -0.25) is 0 Å². The fourth-order valence-corrected chi connectivity index (χ4v) is 2.34. The Labute approximate surface area is 95.1 Å². The van der Waals surface area contributed by atoms with Gasteiger partial charge in [-0.25, -0.2) is 9.97 Å². The minimum absolute atomic E-state index is 0.514. The van der Waals surface area contributed by atoms with Crippen LogP contribution in [0.15, 0.2) is 6.07 Å². The molecule has 0 amide bonds. The van der Waals surface area contributed by atoms with E-state index in [-0.39, 0.29) is 0 Å². The molecule has 2 N–H and O–H groups in total. The van der Waals surface area contributed by atoms with Crippen LogP contribution in [-0.2, 0) is 6.42 Å². The zero-order valence-corrected chi connectivity index (χ0v) is 9.50. The Morgan fingerprint density at radius 2 is 2.07 bits per heavy atom. The van der Waals surface area contributed by atoms with Crippen molar-refractivity contribution < 1.29 is 0 Å². The van der Waals surface area contributed by atoms with Gasteiger partial charge in [0.05, 0.1) is 0 Å². The van der Waals surface area contributed by atoms with Crippen LogP contribution in [0.4, 0.5) is 0 Å². The Kier molecular flexibility index (Phi) is 3.54. The van der Waals surface area contributed by atoms with Gasteiger partial charge in [0.15, 0.2) is 0 Å². The molecule has 0 saturated heterocycles. The zero-order valence-electron chi connectivity index (χ0n) is 8.75. The number of nitrogens with two attached hydrogens (primary N) is 1. The van der Waals surface area contributed by atoms with Crippen LogP contribution in [-0.4, -0.2) is 16.5 Å². The lowest BCUT2D eigenvalue weighted by atomic mass is 10.1. The van der Waals surface area contributed by atoms with Crippen molar-refractivity contribution in [2.75, 3.05) is 6.54 Å². The number of nitrogens with zero attached hydrogens (tertiary/aromatic N) is 2. The molecule has 0 radical (unpaired) electrons. The maximum Gasteiger partial charge on any atom is 0.133 e. The highest BCUT2D eigenvalue weighted by Crippen LogP contribution is 2.32. The van der Waals surface area contributed by atoms with Gasteiger partial charge in [0, 0.05) is 18.0 Å². The first-order chi connectivity index (χ1) is 7.29. The van der Waals surface area contributed by atoms with Gasteiger partial charge in [0.1, 0.15) is 11.0 Å². The monoisotopic (exact) mass is 225 g/mol. The van der Waals surface area contributed by atoms with Crippen LogP contribution in [0.1, 0.15) is 43.1 Å². The normalized spacial score (nSPS) is 17.2. The standard InChI is InChI=1S/C11H16ClN3/c12-10-7-9(5-6-13)14-11(15-10)8-3-1-2-4-8/h7-8H,1-6,13H2. The topological polar surface area (TPSA) is 51.8 Å². The van der Waals surface area contributed by atoms with Gasteiger partial charge in [-0.05, 0) is 25.5 Å². The third-order valence-corrected chi connectivity index (χ3v) is 3.08. The third-order valence-electron chi connectivity index (χ3n) is 2.89. The molecule has 1 saturated carbocycles. The molecule has 1 aliphatic carbocycles. The summed E-state index contributed by atoms with van der Waals surface area (Å²) in [5.74, 6) is 1.43. The molecule has 4 heteroatoms. The summed E-state index contributed by atoms with van der Waals surface area (Å²) < 4.78 is 0. The molecule has 0 aliphatic heterocycles. The number of halogens is 1. The third kappa shape index (κ3) is 2.67. The van der Waals surface area contributed by atoms with E-state index >= 15 is 0 Å². The van der Waals surface area contributed by atoms with E-state index in [0.29, 0.717) is 17.6 Å². The highest BCUT2D eigenvalue weighted by atomic mass is 35.5. The van der Waals surface area contributed by atoms with Crippen LogP contribution in [0.25, 0.3) is 0 Å². The smallest absolute Gasteiger partial charge is 0.133 e. The molecule has 1 aliphatic rings. The van der Waals surface area contributed by atoms with Gasteiger partial charge in [-0.2, -0.15) is 0 Å². The summed E-state index contributed by atoms with van der Waals surface area (Å²) >= 11 is 5.97. The Hall–Kier alpha value is -0.670. The van der Waals surface area contributed by atoms with Crippen molar-refractivity contribution in [1.82, 2.24) is 9.97 Å². The molecule has 0 atom stereocenters. The van der Waals surface area contributed by atoms with E-state index in [2.05, 4.69) is 9.97 Å². The average Bonchev–Trinajstić information content (AvgIpc) is 2.70. The first kappa shape index (κ1) is 10.8. The SMILES string of the molecule is NCCc1cc(Cl)nc(C2CCCC2)n1. The summed E-state index contributed by atoms with van der Waals surface area (Å²) in [6, 6.07) is 1.81. The van der Waals surface area contributed by atoms with Gasteiger partial charge >= 0.3 is 0 Å². The molecule has 0 aromatic carbocycles. The Morgan fingerprint density at radius 3 is 2.73 bits per heavy atom. The molecule has 2 rings (SSSR count). The van der Waals surface area contributed by atoms with Crippen LogP contribution >= 0.6 is 11.6 Å². The van der Waals surface area contributed by atoms with Gasteiger partial charge < -0.3 is 5.73 Å². The first-order valence-electron chi connectivity index (χ1n) is 5.53. The van der Waals surface area contributed by atoms with Crippen LogP contribution in [0.3, 0.4) is 0 Å². The van der Waals surface area contributed by atoms with Gasteiger partial charge in [0.2, 0.25) is 0 Å². The minimum atomic E-state index is 0.514. The van der Waals surface area contributed by atoms with E-state index in [1.165, 1.54) is 25.7 Å². The second-order valence-electron chi connectivity index (χ2n) is 4.06. The molecular formula is C11H16ClN3.